The van der Waals surface area contributed by atoms with Crippen molar-refractivity contribution in [3.05, 3.63) is 24.2 Å². The highest BCUT2D eigenvalue weighted by atomic mass is 16.5. The Bertz CT molecular complexity index is 282. The average Bonchev–Trinajstić information content (AvgIpc) is 2.78. The molecule has 2 atom stereocenters. The number of furan rings is 1. The van der Waals surface area contributed by atoms with E-state index < -0.39 is 0 Å². The third-order valence-corrected chi connectivity index (χ3v) is 2.91. The van der Waals surface area contributed by atoms with E-state index in [1.54, 1.807) is 6.26 Å². The smallest absolute Gasteiger partial charge is 0.0935 e. The Labute approximate surface area is 105 Å². The molecule has 3 heteroatoms. The molecule has 0 aliphatic carbocycles. The standard InChI is InChI=1S/C14H25NO2/c1-5-15-13(9-12-7-8-16-10-12)14(11(3)4)17-6-2/h7-8,10-11,13-15H,5-6,9H2,1-4H3. The normalized spacial score (nSPS) is 15.1. The molecule has 17 heavy (non-hydrogen) atoms. The van der Waals surface area contributed by atoms with E-state index in [1.807, 2.05) is 12.3 Å². The lowest BCUT2D eigenvalue weighted by atomic mass is 9.94. The number of hydrogen-bond donors (Lipinski definition) is 1. The summed E-state index contributed by atoms with van der Waals surface area (Å²) in [6.07, 6.45) is 4.74. The van der Waals surface area contributed by atoms with Gasteiger partial charge in [0.15, 0.2) is 0 Å². The Morgan fingerprint density at radius 2 is 2.12 bits per heavy atom. The van der Waals surface area contributed by atoms with E-state index in [2.05, 4.69) is 33.0 Å². The van der Waals surface area contributed by atoms with Gasteiger partial charge in [0.1, 0.15) is 0 Å². The third-order valence-electron chi connectivity index (χ3n) is 2.91. The van der Waals surface area contributed by atoms with Gasteiger partial charge in [-0.2, -0.15) is 0 Å². The van der Waals surface area contributed by atoms with Crippen molar-refractivity contribution in [3.63, 3.8) is 0 Å². The Balaban J connectivity index is 2.67. The molecule has 1 rings (SSSR count). The molecule has 0 bridgehead atoms. The highest BCUT2D eigenvalue weighted by Crippen LogP contribution is 2.16. The fourth-order valence-electron chi connectivity index (χ4n) is 2.20. The molecule has 0 amide bonds. The zero-order chi connectivity index (χ0) is 12.7. The molecule has 0 aliphatic rings. The Morgan fingerprint density at radius 3 is 2.59 bits per heavy atom. The highest BCUT2D eigenvalue weighted by molar-refractivity contribution is 5.08. The first-order valence-electron chi connectivity index (χ1n) is 6.55. The second-order valence-corrected chi connectivity index (χ2v) is 4.66. The van der Waals surface area contributed by atoms with Crippen molar-refractivity contribution in [2.24, 2.45) is 5.92 Å². The Hall–Kier alpha value is -0.800. The Kier molecular flexibility index (Phi) is 6.30. The molecule has 98 valence electrons. The summed E-state index contributed by atoms with van der Waals surface area (Å²) >= 11 is 0. The summed E-state index contributed by atoms with van der Waals surface area (Å²) in [5.74, 6) is 0.505. The van der Waals surface area contributed by atoms with E-state index in [0.29, 0.717) is 12.0 Å². The van der Waals surface area contributed by atoms with Gasteiger partial charge in [0.05, 0.1) is 18.6 Å². The summed E-state index contributed by atoms with van der Waals surface area (Å²) < 4.78 is 11.0. The van der Waals surface area contributed by atoms with Gasteiger partial charge in [0.2, 0.25) is 0 Å². The maximum absolute atomic E-state index is 5.87. The molecule has 3 nitrogen and oxygen atoms in total. The largest absolute Gasteiger partial charge is 0.472 e. The number of likely N-dealkylation sites (N-methyl/N-ethyl adjacent to an activating group) is 1. The molecular weight excluding hydrogens is 214 g/mol. The summed E-state index contributed by atoms with van der Waals surface area (Å²) in [6.45, 7) is 10.3. The van der Waals surface area contributed by atoms with Gasteiger partial charge < -0.3 is 14.5 Å². The van der Waals surface area contributed by atoms with Crippen molar-refractivity contribution in [2.45, 2.75) is 46.3 Å². The minimum absolute atomic E-state index is 0.245. The van der Waals surface area contributed by atoms with Gasteiger partial charge in [-0.15, -0.1) is 0 Å². The molecule has 2 unspecified atom stereocenters. The lowest BCUT2D eigenvalue weighted by Gasteiger charge is -2.30. The Morgan fingerprint density at radius 1 is 1.35 bits per heavy atom. The molecule has 1 N–H and O–H groups in total. The second-order valence-electron chi connectivity index (χ2n) is 4.66. The summed E-state index contributed by atoms with van der Waals surface area (Å²) in [5.41, 5.74) is 1.22. The van der Waals surface area contributed by atoms with E-state index >= 15 is 0 Å². The zero-order valence-electron chi connectivity index (χ0n) is 11.4. The molecule has 0 saturated carbocycles. The van der Waals surface area contributed by atoms with Crippen LogP contribution in [0.2, 0.25) is 0 Å². The number of nitrogens with one attached hydrogen (secondary N) is 1. The van der Waals surface area contributed by atoms with E-state index in [-0.39, 0.29) is 6.10 Å². The van der Waals surface area contributed by atoms with Crippen LogP contribution in [0.25, 0.3) is 0 Å². The van der Waals surface area contributed by atoms with Crippen LogP contribution in [0.1, 0.15) is 33.3 Å². The van der Waals surface area contributed by atoms with Gasteiger partial charge in [-0.05, 0) is 37.4 Å². The lowest BCUT2D eigenvalue weighted by Crippen LogP contribution is -2.45. The van der Waals surface area contributed by atoms with Crippen molar-refractivity contribution in [3.8, 4) is 0 Å². The fourth-order valence-corrected chi connectivity index (χ4v) is 2.20. The summed E-state index contributed by atoms with van der Waals surface area (Å²) in [6, 6.07) is 2.37. The number of hydrogen-bond acceptors (Lipinski definition) is 3. The third kappa shape index (κ3) is 4.52. The molecule has 0 saturated heterocycles. The summed E-state index contributed by atoms with van der Waals surface area (Å²) in [4.78, 5) is 0. The molecular formula is C14H25NO2. The van der Waals surface area contributed by atoms with Gasteiger partial charge in [0, 0.05) is 12.6 Å². The SMILES string of the molecule is CCNC(Cc1ccoc1)C(OCC)C(C)C. The van der Waals surface area contributed by atoms with Gasteiger partial charge >= 0.3 is 0 Å². The van der Waals surface area contributed by atoms with Gasteiger partial charge in [-0.3, -0.25) is 0 Å². The van der Waals surface area contributed by atoms with Crippen LogP contribution in [0.15, 0.2) is 23.0 Å². The maximum Gasteiger partial charge on any atom is 0.0935 e. The molecule has 0 aromatic carbocycles. The predicted octanol–water partition coefficient (Wildman–Crippen LogP) is 2.86. The van der Waals surface area contributed by atoms with E-state index in [0.717, 1.165) is 19.6 Å². The minimum atomic E-state index is 0.245. The lowest BCUT2D eigenvalue weighted by molar-refractivity contribution is 0.00393. The quantitative estimate of drug-likeness (QED) is 0.757. The fraction of sp³-hybridized carbons (Fsp3) is 0.714. The van der Waals surface area contributed by atoms with Crippen molar-refractivity contribution in [2.75, 3.05) is 13.2 Å². The molecule has 1 heterocycles. The first-order chi connectivity index (χ1) is 8.19. The van der Waals surface area contributed by atoms with Gasteiger partial charge in [-0.1, -0.05) is 20.8 Å². The van der Waals surface area contributed by atoms with E-state index in [9.17, 15) is 0 Å². The average molecular weight is 239 g/mol. The van der Waals surface area contributed by atoms with E-state index in [1.165, 1.54) is 5.56 Å². The molecule has 1 aromatic heterocycles. The summed E-state index contributed by atoms with van der Waals surface area (Å²) in [5, 5.41) is 3.52. The van der Waals surface area contributed by atoms with Gasteiger partial charge in [0.25, 0.3) is 0 Å². The van der Waals surface area contributed by atoms with Crippen molar-refractivity contribution < 1.29 is 9.15 Å². The second kappa shape index (κ2) is 7.51. The van der Waals surface area contributed by atoms with Gasteiger partial charge in [-0.25, -0.2) is 0 Å². The predicted molar refractivity (Wildman–Crippen MR) is 70.1 cm³/mol. The zero-order valence-corrected chi connectivity index (χ0v) is 11.4. The van der Waals surface area contributed by atoms with Crippen molar-refractivity contribution in [1.82, 2.24) is 5.32 Å². The van der Waals surface area contributed by atoms with Crippen LogP contribution in [0, 0.1) is 5.92 Å². The van der Waals surface area contributed by atoms with Crippen LogP contribution in [0.5, 0.6) is 0 Å². The van der Waals surface area contributed by atoms with Crippen LogP contribution in [0.4, 0.5) is 0 Å². The van der Waals surface area contributed by atoms with Crippen LogP contribution in [-0.4, -0.2) is 25.3 Å². The molecule has 0 spiro atoms. The first-order valence-corrected chi connectivity index (χ1v) is 6.55. The molecule has 0 fully saturated rings. The highest BCUT2D eigenvalue weighted by Gasteiger charge is 2.24. The number of ether oxygens (including phenoxy) is 1. The van der Waals surface area contributed by atoms with E-state index in [4.69, 9.17) is 9.15 Å². The first kappa shape index (κ1) is 14.3. The minimum Gasteiger partial charge on any atom is -0.472 e. The van der Waals surface area contributed by atoms with Crippen LogP contribution >= 0.6 is 0 Å². The summed E-state index contributed by atoms with van der Waals surface area (Å²) in [7, 11) is 0. The monoisotopic (exact) mass is 239 g/mol. The van der Waals surface area contributed by atoms with Crippen LogP contribution < -0.4 is 5.32 Å². The molecule has 0 aliphatic heterocycles. The van der Waals surface area contributed by atoms with Crippen molar-refractivity contribution in [1.29, 1.82) is 0 Å². The topological polar surface area (TPSA) is 34.4 Å². The van der Waals surface area contributed by atoms with Crippen LogP contribution in [-0.2, 0) is 11.2 Å². The van der Waals surface area contributed by atoms with Crippen LogP contribution in [0.3, 0.4) is 0 Å². The molecule has 0 radical (unpaired) electrons. The maximum atomic E-state index is 5.87. The number of rotatable bonds is 8. The molecule has 1 aromatic rings. The van der Waals surface area contributed by atoms with Crippen molar-refractivity contribution >= 4 is 0 Å².